The summed E-state index contributed by atoms with van der Waals surface area (Å²) in [5.74, 6) is 0.484. The van der Waals surface area contributed by atoms with Crippen LogP contribution in [0.3, 0.4) is 0 Å². The number of carbonyl (C=O) groups excluding carboxylic acids is 2. The molecule has 0 saturated heterocycles. The summed E-state index contributed by atoms with van der Waals surface area (Å²) in [5.41, 5.74) is 1.03. The van der Waals surface area contributed by atoms with Crippen LogP contribution in [-0.2, 0) is 20.9 Å². The summed E-state index contributed by atoms with van der Waals surface area (Å²) < 4.78 is 9.83. The van der Waals surface area contributed by atoms with E-state index in [1.807, 2.05) is 36.2 Å². The predicted octanol–water partition coefficient (Wildman–Crippen LogP) is 1.20. The fourth-order valence-corrected chi connectivity index (χ4v) is 2.04. The van der Waals surface area contributed by atoms with Gasteiger partial charge in [0.05, 0.1) is 20.8 Å². The van der Waals surface area contributed by atoms with Gasteiger partial charge in [0.1, 0.15) is 5.75 Å². The van der Waals surface area contributed by atoms with Crippen molar-refractivity contribution in [1.29, 1.82) is 0 Å². The maximum absolute atomic E-state index is 11.8. The van der Waals surface area contributed by atoms with Gasteiger partial charge in [-0.1, -0.05) is 18.2 Å². The lowest BCUT2D eigenvalue weighted by Crippen LogP contribution is -2.35. The number of amides is 1. The van der Waals surface area contributed by atoms with E-state index in [2.05, 4.69) is 10.1 Å². The van der Waals surface area contributed by atoms with Crippen LogP contribution in [0.15, 0.2) is 24.3 Å². The van der Waals surface area contributed by atoms with Crippen LogP contribution in [0.5, 0.6) is 5.75 Å². The molecule has 6 heteroatoms. The second-order valence-electron chi connectivity index (χ2n) is 5.01. The number of carbonyl (C=O) groups is 2. The molecule has 1 N–H and O–H groups in total. The fraction of sp³-hybridized carbons (Fsp3) is 0.500. The number of benzene rings is 1. The van der Waals surface area contributed by atoms with Crippen molar-refractivity contribution in [2.75, 3.05) is 34.4 Å². The summed E-state index contributed by atoms with van der Waals surface area (Å²) in [5, 5.41) is 2.79. The minimum Gasteiger partial charge on any atom is -0.496 e. The fourth-order valence-electron chi connectivity index (χ4n) is 2.04. The number of nitrogens with zero attached hydrogens (tertiary/aromatic N) is 1. The number of ether oxygens (including phenoxy) is 2. The minimum absolute atomic E-state index is 0.0673. The average Bonchev–Trinajstić information content (AvgIpc) is 2.51. The number of rotatable bonds is 9. The Bertz CT molecular complexity index is 491. The first kappa shape index (κ1) is 18.0. The second-order valence-corrected chi connectivity index (χ2v) is 5.01. The molecule has 0 spiro atoms. The Labute approximate surface area is 131 Å². The number of esters is 1. The van der Waals surface area contributed by atoms with Crippen LogP contribution in [0.25, 0.3) is 0 Å². The molecule has 0 aliphatic carbocycles. The molecule has 0 atom stereocenters. The van der Waals surface area contributed by atoms with Crippen LogP contribution < -0.4 is 10.1 Å². The predicted molar refractivity (Wildman–Crippen MR) is 83.6 cm³/mol. The van der Waals surface area contributed by atoms with E-state index in [4.69, 9.17) is 4.74 Å². The van der Waals surface area contributed by atoms with Crippen LogP contribution in [0, 0.1) is 0 Å². The monoisotopic (exact) mass is 308 g/mol. The molecule has 6 nitrogen and oxygen atoms in total. The second kappa shape index (κ2) is 9.78. The van der Waals surface area contributed by atoms with E-state index in [1.54, 1.807) is 7.11 Å². The van der Waals surface area contributed by atoms with Crippen molar-refractivity contribution in [3.8, 4) is 5.75 Å². The zero-order valence-corrected chi connectivity index (χ0v) is 13.4. The lowest BCUT2D eigenvalue weighted by atomic mass is 10.2. The Morgan fingerprint density at radius 3 is 2.64 bits per heavy atom. The molecule has 0 heterocycles. The van der Waals surface area contributed by atoms with Crippen LogP contribution in [-0.4, -0.2) is 51.1 Å². The molecule has 0 unspecified atom stereocenters. The summed E-state index contributed by atoms with van der Waals surface area (Å²) in [7, 11) is 4.86. The van der Waals surface area contributed by atoms with Gasteiger partial charge in [-0.25, -0.2) is 0 Å². The maximum Gasteiger partial charge on any atom is 0.305 e. The highest BCUT2D eigenvalue weighted by Crippen LogP contribution is 2.18. The van der Waals surface area contributed by atoms with Gasteiger partial charge in [0.25, 0.3) is 0 Å². The van der Waals surface area contributed by atoms with Gasteiger partial charge in [0.2, 0.25) is 5.91 Å². The van der Waals surface area contributed by atoms with Gasteiger partial charge in [0, 0.05) is 25.1 Å². The van der Waals surface area contributed by atoms with Gasteiger partial charge in [-0.2, -0.15) is 0 Å². The lowest BCUT2D eigenvalue weighted by Gasteiger charge is -2.18. The molecule has 1 rings (SSSR count). The molecule has 1 amide bonds. The summed E-state index contributed by atoms with van der Waals surface area (Å²) >= 11 is 0. The third kappa shape index (κ3) is 6.58. The zero-order chi connectivity index (χ0) is 16.4. The van der Waals surface area contributed by atoms with Crippen molar-refractivity contribution in [1.82, 2.24) is 10.2 Å². The highest BCUT2D eigenvalue weighted by atomic mass is 16.5. The third-order valence-electron chi connectivity index (χ3n) is 3.15. The molecule has 0 aliphatic rings. The first-order valence-corrected chi connectivity index (χ1v) is 7.20. The Kier molecular flexibility index (Phi) is 7.99. The first-order valence-electron chi connectivity index (χ1n) is 7.20. The van der Waals surface area contributed by atoms with E-state index in [1.165, 1.54) is 7.11 Å². The van der Waals surface area contributed by atoms with Crippen LogP contribution in [0.4, 0.5) is 0 Å². The van der Waals surface area contributed by atoms with E-state index >= 15 is 0 Å². The van der Waals surface area contributed by atoms with Gasteiger partial charge in [0.15, 0.2) is 0 Å². The molecule has 0 radical (unpaired) electrons. The van der Waals surface area contributed by atoms with Crippen LogP contribution in [0.1, 0.15) is 18.4 Å². The molecule has 1 aromatic rings. The van der Waals surface area contributed by atoms with E-state index in [-0.39, 0.29) is 18.4 Å². The highest BCUT2D eigenvalue weighted by Gasteiger charge is 2.09. The smallest absolute Gasteiger partial charge is 0.305 e. The molecule has 0 fully saturated rings. The van der Waals surface area contributed by atoms with Gasteiger partial charge >= 0.3 is 5.97 Å². The van der Waals surface area contributed by atoms with E-state index in [0.29, 0.717) is 25.9 Å². The number of nitrogens with one attached hydrogen (secondary N) is 1. The molecular weight excluding hydrogens is 284 g/mol. The summed E-state index contributed by atoms with van der Waals surface area (Å²) in [4.78, 5) is 24.7. The SMILES string of the molecule is COC(=O)CCCNC(=O)CN(C)Cc1ccccc1OC. The Morgan fingerprint density at radius 1 is 1.23 bits per heavy atom. The van der Waals surface area contributed by atoms with Crippen LogP contribution in [0.2, 0.25) is 0 Å². The van der Waals surface area contributed by atoms with Crippen molar-refractivity contribution >= 4 is 11.9 Å². The number of hydrogen-bond acceptors (Lipinski definition) is 5. The number of likely N-dealkylation sites (N-methyl/N-ethyl adjacent to an activating group) is 1. The Balaban J connectivity index is 2.30. The largest absolute Gasteiger partial charge is 0.496 e. The van der Waals surface area contributed by atoms with E-state index < -0.39 is 0 Å². The third-order valence-corrected chi connectivity index (χ3v) is 3.15. The van der Waals surface area contributed by atoms with Crippen molar-refractivity contribution in [3.05, 3.63) is 29.8 Å². The molecule has 0 saturated carbocycles. The quantitative estimate of drug-likeness (QED) is 0.548. The average molecular weight is 308 g/mol. The molecule has 1 aromatic carbocycles. The van der Waals surface area contributed by atoms with Gasteiger partial charge in [-0.15, -0.1) is 0 Å². The summed E-state index contributed by atoms with van der Waals surface area (Å²) in [6.07, 6.45) is 0.891. The first-order chi connectivity index (χ1) is 10.6. The van der Waals surface area contributed by atoms with E-state index in [0.717, 1.165) is 11.3 Å². The van der Waals surface area contributed by atoms with Crippen molar-refractivity contribution in [3.63, 3.8) is 0 Å². The standard InChI is InChI=1S/C16H24N2O4/c1-18(11-13-7-4-5-8-14(13)21-2)12-15(19)17-10-6-9-16(20)22-3/h4-5,7-8H,6,9-12H2,1-3H3,(H,17,19). The molecule has 0 aromatic heterocycles. The topological polar surface area (TPSA) is 67.9 Å². The number of methoxy groups -OCH3 is 2. The maximum atomic E-state index is 11.8. The summed E-state index contributed by atoms with van der Waals surface area (Å²) in [6.45, 7) is 1.38. The zero-order valence-electron chi connectivity index (χ0n) is 13.4. The number of para-hydroxylation sites is 1. The minimum atomic E-state index is -0.262. The molecule has 22 heavy (non-hydrogen) atoms. The lowest BCUT2D eigenvalue weighted by molar-refractivity contribution is -0.140. The molecule has 0 bridgehead atoms. The molecular formula is C16H24N2O4. The number of hydrogen-bond donors (Lipinski definition) is 1. The van der Waals surface area contributed by atoms with Crippen molar-refractivity contribution in [2.45, 2.75) is 19.4 Å². The highest BCUT2D eigenvalue weighted by molar-refractivity contribution is 5.78. The van der Waals surface area contributed by atoms with Crippen molar-refractivity contribution < 1.29 is 19.1 Å². The molecule has 0 aliphatic heterocycles. The van der Waals surface area contributed by atoms with Gasteiger partial charge in [-0.05, 0) is 19.5 Å². The van der Waals surface area contributed by atoms with E-state index in [9.17, 15) is 9.59 Å². The van der Waals surface area contributed by atoms with Crippen molar-refractivity contribution in [2.24, 2.45) is 0 Å². The van der Waals surface area contributed by atoms with Crippen LogP contribution >= 0.6 is 0 Å². The summed E-state index contributed by atoms with van der Waals surface area (Å²) in [6, 6.07) is 7.73. The Morgan fingerprint density at radius 2 is 1.95 bits per heavy atom. The van der Waals surface area contributed by atoms with Gasteiger partial charge in [-0.3, -0.25) is 14.5 Å². The molecule has 122 valence electrons. The van der Waals surface area contributed by atoms with Gasteiger partial charge < -0.3 is 14.8 Å². The normalized spacial score (nSPS) is 10.4. The Hall–Kier alpha value is -2.08.